The molecule has 0 aromatic carbocycles. The van der Waals surface area contributed by atoms with Crippen LogP contribution in [0.15, 0.2) is 24.5 Å². The summed E-state index contributed by atoms with van der Waals surface area (Å²) in [5.74, 6) is 0. The molecule has 0 spiro atoms. The minimum absolute atomic E-state index is 0.247. The van der Waals surface area contributed by atoms with Gasteiger partial charge in [-0.3, -0.25) is 4.98 Å². The zero-order valence-electron chi connectivity index (χ0n) is 9.27. The monoisotopic (exact) mass is 203 g/mol. The van der Waals surface area contributed by atoms with Crippen LogP contribution in [0.5, 0.6) is 0 Å². The summed E-state index contributed by atoms with van der Waals surface area (Å²) in [4.78, 5) is 4.08. The predicted molar refractivity (Wildman–Crippen MR) is 60.1 cm³/mol. The molecule has 3 nitrogen and oxygen atoms in total. The second kappa shape index (κ2) is 6.15. The Morgan fingerprint density at radius 1 is 1.60 bits per heavy atom. The molecule has 0 fully saturated rings. The van der Waals surface area contributed by atoms with Crippen LogP contribution in [-0.4, -0.2) is 11.0 Å². The van der Waals surface area contributed by atoms with Gasteiger partial charge < -0.3 is 5.32 Å². The van der Waals surface area contributed by atoms with Crippen molar-refractivity contribution >= 4 is 0 Å². The number of aromatic nitrogens is 1. The van der Waals surface area contributed by atoms with Crippen molar-refractivity contribution in [3.05, 3.63) is 30.1 Å². The molecule has 0 amide bonds. The van der Waals surface area contributed by atoms with Crippen molar-refractivity contribution in [3.8, 4) is 6.07 Å². The molecule has 2 unspecified atom stereocenters. The first-order chi connectivity index (χ1) is 7.27. The quantitative estimate of drug-likeness (QED) is 0.799. The summed E-state index contributed by atoms with van der Waals surface area (Å²) in [6.45, 7) is 4.18. The maximum atomic E-state index is 8.65. The second-order valence-electron chi connectivity index (χ2n) is 3.64. The molecule has 0 aliphatic rings. The fourth-order valence-electron chi connectivity index (χ4n) is 1.51. The summed E-state index contributed by atoms with van der Waals surface area (Å²) in [7, 11) is 0. The van der Waals surface area contributed by atoms with Crippen molar-refractivity contribution in [3.63, 3.8) is 0 Å². The second-order valence-corrected chi connectivity index (χ2v) is 3.64. The van der Waals surface area contributed by atoms with Crippen LogP contribution in [0.25, 0.3) is 0 Å². The van der Waals surface area contributed by atoms with E-state index >= 15 is 0 Å². The lowest BCUT2D eigenvalue weighted by Gasteiger charge is -2.20. The van der Waals surface area contributed by atoms with Crippen LogP contribution in [0.2, 0.25) is 0 Å². The highest BCUT2D eigenvalue weighted by Crippen LogP contribution is 2.12. The Balaban J connectivity index is 2.55. The fraction of sp³-hybridized carbons (Fsp3) is 0.500. The number of nitrogens with one attached hydrogen (secondary N) is 1. The topological polar surface area (TPSA) is 48.7 Å². The highest BCUT2D eigenvalue weighted by molar-refractivity contribution is 5.13. The minimum atomic E-state index is 0.247. The van der Waals surface area contributed by atoms with E-state index in [1.54, 1.807) is 6.20 Å². The van der Waals surface area contributed by atoms with Gasteiger partial charge in [0.2, 0.25) is 0 Å². The molecule has 0 aliphatic heterocycles. The number of hydrogen-bond donors (Lipinski definition) is 1. The molecule has 1 aromatic rings. The number of nitrogens with zero attached hydrogens (tertiary/aromatic N) is 2. The Morgan fingerprint density at radius 2 is 2.40 bits per heavy atom. The summed E-state index contributed by atoms with van der Waals surface area (Å²) < 4.78 is 0. The van der Waals surface area contributed by atoms with E-state index in [1.807, 2.05) is 18.3 Å². The summed E-state index contributed by atoms with van der Waals surface area (Å²) >= 11 is 0. The number of pyridine rings is 1. The van der Waals surface area contributed by atoms with E-state index in [0.717, 1.165) is 12.0 Å². The van der Waals surface area contributed by atoms with Crippen LogP contribution in [0.1, 0.15) is 38.3 Å². The Morgan fingerprint density at radius 3 is 2.93 bits per heavy atom. The number of rotatable bonds is 5. The smallest absolute Gasteiger partial charge is 0.0638 e. The van der Waals surface area contributed by atoms with Crippen molar-refractivity contribution in [2.75, 3.05) is 0 Å². The first-order valence-electron chi connectivity index (χ1n) is 5.30. The van der Waals surface area contributed by atoms with Crippen molar-refractivity contribution < 1.29 is 0 Å². The first kappa shape index (κ1) is 11.7. The first-order valence-corrected chi connectivity index (χ1v) is 5.30. The molecule has 0 bridgehead atoms. The van der Waals surface area contributed by atoms with E-state index in [1.165, 1.54) is 0 Å². The van der Waals surface area contributed by atoms with E-state index in [-0.39, 0.29) is 12.1 Å². The van der Waals surface area contributed by atoms with Gasteiger partial charge in [-0.2, -0.15) is 5.26 Å². The van der Waals surface area contributed by atoms with Gasteiger partial charge in [0.25, 0.3) is 0 Å². The van der Waals surface area contributed by atoms with Crippen molar-refractivity contribution in [2.24, 2.45) is 0 Å². The van der Waals surface area contributed by atoms with Gasteiger partial charge in [-0.1, -0.05) is 13.0 Å². The third-order valence-electron chi connectivity index (χ3n) is 2.50. The van der Waals surface area contributed by atoms with E-state index in [4.69, 9.17) is 5.26 Å². The predicted octanol–water partition coefficient (Wildman–Crippen LogP) is 2.42. The highest BCUT2D eigenvalue weighted by Gasteiger charge is 2.11. The van der Waals surface area contributed by atoms with E-state index < -0.39 is 0 Å². The van der Waals surface area contributed by atoms with Gasteiger partial charge in [0.05, 0.1) is 12.5 Å². The van der Waals surface area contributed by atoms with Crippen LogP contribution >= 0.6 is 0 Å². The molecule has 1 rings (SSSR count). The minimum Gasteiger partial charge on any atom is -0.306 e. The molecule has 0 saturated heterocycles. The summed E-state index contributed by atoms with van der Waals surface area (Å²) in [5.41, 5.74) is 1.16. The summed E-state index contributed by atoms with van der Waals surface area (Å²) in [6.07, 6.45) is 5.15. The van der Waals surface area contributed by atoms with Crippen LogP contribution in [-0.2, 0) is 0 Å². The lowest BCUT2D eigenvalue weighted by atomic mass is 10.1. The van der Waals surface area contributed by atoms with Gasteiger partial charge in [-0.15, -0.1) is 0 Å². The largest absolute Gasteiger partial charge is 0.306 e. The van der Waals surface area contributed by atoms with E-state index in [0.29, 0.717) is 6.42 Å². The molecule has 2 atom stereocenters. The van der Waals surface area contributed by atoms with Gasteiger partial charge in [-0.25, -0.2) is 0 Å². The summed E-state index contributed by atoms with van der Waals surface area (Å²) in [5, 5.41) is 12.1. The Labute approximate surface area is 91.1 Å². The number of nitriles is 1. The SMILES string of the molecule is CCC(CC#N)NC(C)c1cccnc1. The van der Waals surface area contributed by atoms with E-state index in [2.05, 4.69) is 30.2 Å². The van der Waals surface area contributed by atoms with Crippen LogP contribution < -0.4 is 5.32 Å². The van der Waals surface area contributed by atoms with E-state index in [9.17, 15) is 0 Å². The highest BCUT2D eigenvalue weighted by atomic mass is 14.9. The molecule has 0 saturated carbocycles. The Bertz CT molecular complexity index is 315. The van der Waals surface area contributed by atoms with Crippen molar-refractivity contribution in [1.29, 1.82) is 5.26 Å². The third-order valence-corrected chi connectivity index (χ3v) is 2.50. The zero-order chi connectivity index (χ0) is 11.1. The van der Waals surface area contributed by atoms with Crippen LogP contribution in [0.3, 0.4) is 0 Å². The molecule has 0 radical (unpaired) electrons. The molecular formula is C12H17N3. The van der Waals surface area contributed by atoms with Crippen molar-refractivity contribution in [1.82, 2.24) is 10.3 Å². The molecular weight excluding hydrogens is 186 g/mol. The molecule has 3 heteroatoms. The molecule has 80 valence electrons. The fourth-order valence-corrected chi connectivity index (χ4v) is 1.51. The number of hydrogen-bond acceptors (Lipinski definition) is 3. The maximum absolute atomic E-state index is 8.65. The molecule has 1 heterocycles. The Kier molecular flexibility index (Phi) is 4.79. The Hall–Kier alpha value is -1.40. The van der Waals surface area contributed by atoms with Crippen molar-refractivity contribution in [2.45, 2.75) is 38.8 Å². The lowest BCUT2D eigenvalue weighted by molar-refractivity contribution is 0.447. The molecule has 15 heavy (non-hydrogen) atoms. The van der Waals surface area contributed by atoms with Gasteiger partial charge in [0.15, 0.2) is 0 Å². The average molecular weight is 203 g/mol. The normalized spacial score (nSPS) is 14.2. The summed E-state index contributed by atoms with van der Waals surface area (Å²) in [6, 6.07) is 6.69. The maximum Gasteiger partial charge on any atom is 0.0638 e. The average Bonchev–Trinajstić information content (AvgIpc) is 2.29. The van der Waals surface area contributed by atoms with Crippen LogP contribution in [0, 0.1) is 11.3 Å². The molecule has 0 aliphatic carbocycles. The zero-order valence-corrected chi connectivity index (χ0v) is 9.27. The van der Waals surface area contributed by atoms with Gasteiger partial charge >= 0.3 is 0 Å². The lowest BCUT2D eigenvalue weighted by Crippen LogP contribution is -2.30. The molecule has 1 aromatic heterocycles. The third kappa shape index (κ3) is 3.69. The van der Waals surface area contributed by atoms with Gasteiger partial charge in [0, 0.05) is 24.5 Å². The van der Waals surface area contributed by atoms with Gasteiger partial charge in [-0.05, 0) is 25.0 Å². The van der Waals surface area contributed by atoms with Gasteiger partial charge in [0.1, 0.15) is 0 Å². The molecule has 1 N–H and O–H groups in total. The standard InChI is InChI=1S/C12H17N3/c1-3-12(6-7-13)15-10(2)11-5-4-8-14-9-11/h4-5,8-10,12,15H,3,6H2,1-2H3. The van der Waals surface area contributed by atoms with Crippen LogP contribution in [0.4, 0.5) is 0 Å².